The number of rotatable bonds is 19. The monoisotopic (exact) mass is 2010 g/mol. The van der Waals surface area contributed by atoms with E-state index in [4.69, 9.17) is 18.9 Å². The van der Waals surface area contributed by atoms with Gasteiger partial charge < -0.3 is 39.4 Å². The molecule has 768 valence electrons. The Labute approximate surface area is 836 Å². The number of methoxy groups -OCH3 is 4. The standard InChI is InChI=1S/3C28H38FN3O3.C22H35BrO3.C7H5FN2/c1-27-11-9-20-19-10-12-28(34,16-35-2)14-17(19)3-5-21(20)22(27)6-7-23(27)26(33)15-32-25-8-4-18(29)13-24(25)30-31-32;1-27-11-9-20-19-10-12-28(34,16-35-2)14-17(19)3-5-21(20)22(27)6-7-23(27)26(33)15-32-25-13-18(29)4-8-24(25)30-31-32;1-27-11-9-20-19-10-12-28(34,16-35-2)14-17(19)3-5-21(20)22(27)6-7-23(27)26(33)15-32-30-24-8-4-18(29)13-25(24)31-32;1-21-9-7-16-15-8-10-22(25,13-26-2)11-14(15)3-4-17(16)18(21)5-6-19(21)20(24)12-23;8-5-1-2-6-7(3-5)10-4-9-6/h3*4,8,13,17,19-23,34H,3,5-7,9-12,14-16H2,1-2H3;14-19,25H,3-13H2,1-2H3;1-3H,4H2/t3*17-,19+,20-,21-,22+,23-,27+,28-;14-,15+,16-,17-,18+,19-,21+,22-;/m1111./s1. The van der Waals surface area contributed by atoms with Gasteiger partial charge in [0.2, 0.25) is 0 Å². The molecular weight excluding hydrogens is 1860 g/mol. The molecule has 3 aromatic heterocycles. The predicted octanol–water partition coefficient (Wildman–Crippen LogP) is 19.0. The smallest absolute Gasteiger partial charge is 0.159 e. The van der Waals surface area contributed by atoms with Crippen molar-refractivity contribution in [3.05, 3.63) is 107 Å². The summed E-state index contributed by atoms with van der Waals surface area (Å²) >= 11 is 3.42. The fraction of sp³-hybridized carbons (Fsp3) is 0.752. The van der Waals surface area contributed by atoms with Crippen LogP contribution in [0, 0.1) is 187 Å². The maximum atomic E-state index is 13.8. The highest BCUT2D eigenvalue weighted by Gasteiger charge is 2.65. The number of aromatic nitrogens is 9. The second-order valence-corrected chi connectivity index (χ2v) is 49.8. The molecule has 0 saturated heterocycles. The molecule has 4 heterocycles. The minimum Gasteiger partial charge on any atom is -0.387 e. The molecule has 0 bridgehead atoms. The zero-order chi connectivity index (χ0) is 98.6. The molecule has 28 heteroatoms. The number of alkyl halides is 1. The lowest BCUT2D eigenvalue weighted by Gasteiger charge is -2.57. The number of Topliss-reactive ketones (excluding diaryl/α,β-unsaturated/α-hetero) is 4. The highest BCUT2D eigenvalue weighted by atomic mass is 79.9. The third-order valence-electron chi connectivity index (χ3n) is 42.4. The van der Waals surface area contributed by atoms with Crippen LogP contribution in [-0.2, 0) is 57.8 Å². The van der Waals surface area contributed by atoms with Crippen LogP contribution >= 0.6 is 15.9 Å². The summed E-state index contributed by atoms with van der Waals surface area (Å²) in [6.07, 6.45) is 39.5. The number of benzene rings is 4. The Kier molecular flexibility index (Phi) is 29.3. The number of fused-ring (bicyclic) bond motifs is 24. The number of ether oxygens (including phenoxy) is 4. The molecule has 0 amide bonds. The summed E-state index contributed by atoms with van der Waals surface area (Å²) in [6, 6.07) is 17.6. The van der Waals surface area contributed by atoms with Crippen molar-refractivity contribution in [2.45, 2.75) is 301 Å². The van der Waals surface area contributed by atoms with Crippen molar-refractivity contribution >= 4 is 72.2 Å². The van der Waals surface area contributed by atoms with Crippen molar-refractivity contribution in [3.63, 3.8) is 0 Å². The first kappa shape index (κ1) is 101. The second-order valence-electron chi connectivity index (χ2n) is 49.3. The summed E-state index contributed by atoms with van der Waals surface area (Å²) in [5.41, 5.74) is 1.40. The molecule has 16 saturated carbocycles. The highest BCUT2D eigenvalue weighted by Crippen LogP contribution is 2.71. The first-order chi connectivity index (χ1) is 67.7. The molecule has 7 aromatic rings. The molecule has 0 spiro atoms. The van der Waals surface area contributed by atoms with Crippen LogP contribution in [0.15, 0.2) is 82.8 Å². The Morgan fingerprint density at radius 3 is 1.07 bits per heavy atom. The van der Waals surface area contributed by atoms with Gasteiger partial charge in [-0.15, -0.1) is 10.2 Å². The number of hydrogen-bond acceptors (Lipinski definition) is 20. The van der Waals surface area contributed by atoms with E-state index in [9.17, 15) is 57.2 Å². The van der Waals surface area contributed by atoms with Gasteiger partial charge in [-0.3, -0.25) is 29.2 Å². The average Bonchev–Trinajstić information content (AvgIpc) is 1.62. The van der Waals surface area contributed by atoms with Crippen LogP contribution in [0.25, 0.3) is 33.1 Å². The molecule has 23 nitrogen and oxygen atoms in total. The van der Waals surface area contributed by atoms with E-state index in [-0.39, 0.29) is 106 Å². The van der Waals surface area contributed by atoms with Gasteiger partial charge >= 0.3 is 0 Å². The molecule has 0 unspecified atom stereocenters. The van der Waals surface area contributed by atoms with Gasteiger partial charge in [0.05, 0.1) is 75.9 Å². The fourth-order valence-corrected chi connectivity index (χ4v) is 36.9. The summed E-state index contributed by atoms with van der Waals surface area (Å²) in [5.74, 6) is 14.3. The normalized spacial score (nSPS) is 40.7. The number of ketones is 4. The van der Waals surface area contributed by atoms with Gasteiger partial charge in [-0.05, 0) is 420 Å². The van der Waals surface area contributed by atoms with Crippen molar-refractivity contribution in [1.82, 2.24) is 45.0 Å². The van der Waals surface area contributed by atoms with Crippen molar-refractivity contribution in [2.75, 3.05) is 66.9 Å². The van der Waals surface area contributed by atoms with Gasteiger partial charge in [-0.25, -0.2) is 26.9 Å². The third kappa shape index (κ3) is 19.5. The zero-order valence-corrected chi connectivity index (χ0v) is 86.1. The van der Waals surface area contributed by atoms with Crippen LogP contribution in [0.5, 0.6) is 0 Å². The topological polar surface area (TPSA) is 303 Å². The summed E-state index contributed by atoms with van der Waals surface area (Å²) in [5, 5.41) is 71.1. The average molecular weight is 2010 g/mol. The number of halogens is 5. The van der Waals surface area contributed by atoms with E-state index in [2.05, 4.69) is 84.4 Å². The van der Waals surface area contributed by atoms with E-state index in [1.165, 1.54) is 150 Å². The Hall–Kier alpha value is -6.76. The van der Waals surface area contributed by atoms with Crippen LogP contribution < -0.4 is 10.7 Å². The van der Waals surface area contributed by atoms with Crippen LogP contribution in [0.4, 0.5) is 17.6 Å². The van der Waals surface area contributed by atoms with Crippen LogP contribution in [0.3, 0.4) is 0 Å². The minimum absolute atomic E-state index is 0.0390. The maximum Gasteiger partial charge on any atom is 0.159 e. The Balaban J connectivity index is 0.000000112. The van der Waals surface area contributed by atoms with Gasteiger partial charge in [-0.2, -0.15) is 15.0 Å². The molecule has 1 aliphatic heterocycles. The van der Waals surface area contributed by atoms with Gasteiger partial charge in [0.1, 0.15) is 77.4 Å². The number of carbonyl (C=O) groups excluding carboxylic acids is 4. The summed E-state index contributed by atoms with van der Waals surface area (Å²) in [7, 11) is 6.76. The van der Waals surface area contributed by atoms with Gasteiger partial charge in [-0.1, -0.05) is 54.1 Å². The van der Waals surface area contributed by atoms with Crippen LogP contribution in [-0.4, -0.2) is 178 Å². The third-order valence-corrected chi connectivity index (χ3v) is 43.0. The van der Waals surface area contributed by atoms with Gasteiger partial charge in [0.15, 0.2) is 17.3 Å². The lowest BCUT2D eigenvalue weighted by Crippen LogP contribution is -2.52. The first-order valence-corrected chi connectivity index (χ1v) is 55.5. The van der Waals surface area contributed by atoms with Crippen molar-refractivity contribution in [2.24, 2.45) is 174 Å². The van der Waals surface area contributed by atoms with E-state index >= 15 is 0 Å². The zero-order valence-electron chi connectivity index (χ0n) is 84.5. The molecule has 141 heavy (non-hydrogen) atoms. The second kappa shape index (κ2) is 40.7. The summed E-state index contributed by atoms with van der Waals surface area (Å²) < 4.78 is 77.9. The van der Waals surface area contributed by atoms with Crippen molar-refractivity contribution < 1.29 is 76.1 Å². The maximum absolute atomic E-state index is 13.8. The minimum atomic E-state index is -0.648. The van der Waals surface area contributed by atoms with E-state index in [0.717, 1.165) is 182 Å². The van der Waals surface area contributed by atoms with Crippen LogP contribution in [0.1, 0.15) is 259 Å². The quantitative estimate of drug-likeness (QED) is 0.0432. The van der Waals surface area contributed by atoms with Gasteiger partial charge in [0, 0.05) is 76.4 Å². The molecule has 24 rings (SSSR count). The Morgan fingerprint density at radius 2 is 0.667 bits per heavy atom. The Bertz CT molecular complexity index is 5830. The fourth-order valence-electron chi connectivity index (χ4n) is 36.5. The van der Waals surface area contributed by atoms with E-state index < -0.39 is 22.4 Å². The molecule has 17 aliphatic rings. The molecular formula is C113H154BrF4N11O12. The summed E-state index contributed by atoms with van der Waals surface area (Å²) in [6.45, 7) is 12.4. The van der Waals surface area contributed by atoms with E-state index in [1.54, 1.807) is 62.1 Å². The van der Waals surface area contributed by atoms with E-state index in [0.29, 0.717) is 160 Å². The molecule has 32 atom stereocenters. The Morgan fingerprint density at radius 1 is 0.340 bits per heavy atom. The molecule has 4 N–H and O–H groups in total. The lowest BCUT2D eigenvalue weighted by molar-refractivity contribution is -0.137. The van der Waals surface area contributed by atoms with Crippen molar-refractivity contribution in [1.29, 1.82) is 0 Å². The largest absolute Gasteiger partial charge is 0.387 e. The number of carbonyl (C=O) groups is 4. The van der Waals surface area contributed by atoms with Crippen molar-refractivity contribution in [3.8, 4) is 0 Å². The molecule has 0 radical (unpaired) electrons. The molecule has 16 aliphatic carbocycles. The predicted molar refractivity (Wildman–Crippen MR) is 530 cm³/mol. The number of aliphatic hydroxyl groups is 4. The van der Waals surface area contributed by atoms with Gasteiger partial charge in [0.25, 0.3) is 0 Å². The first-order valence-electron chi connectivity index (χ1n) is 54.3. The van der Waals surface area contributed by atoms with E-state index in [1.807, 2.05) is 0 Å². The lowest BCUT2D eigenvalue weighted by atomic mass is 9.49. The molecule has 4 aromatic carbocycles. The van der Waals surface area contributed by atoms with Crippen LogP contribution in [0.2, 0.25) is 0 Å². The molecule has 16 fully saturated rings. The SMILES string of the molecule is COC[C@@]1(O)CC[C@H]2[C@H](CC[C@@H]3[C@@H]2CC[C@]2(C)[C@@H](C(=O)CBr)CC[C@@H]32)C1.COC[C@@]1(O)CC[C@H]2[C@H](CC[C@@H]3[C@@H]2CC[C@]2(C)[C@@H](C(=O)Cn4nc5ccc(F)cc5n4)CC[C@@H]32)C1.COC[C@@]1(O)CC[C@H]2[C@H](CC[C@@H]3[C@@H]2CC[C@]2(C)[C@@H](C(=O)Cn4nnc5cc(F)ccc54)CC[C@@H]32)C1.COC[C@@]1(O)CC[C@H]2[C@H](CC[C@@H]3[C@@H]2CC[C@]2(C)[C@@H](C(=O)Cn4nnc5ccc(F)cc54)CC[C@@H]32)C1.Fc1ccc2c(c1)=NCN=2. The highest BCUT2D eigenvalue weighted by molar-refractivity contribution is 9.09. The number of nitrogens with zero attached hydrogens (tertiary/aromatic N) is 11. The summed E-state index contributed by atoms with van der Waals surface area (Å²) in [4.78, 5) is 62.7. The number of hydrogen-bond donors (Lipinski definition) is 4.